The first kappa shape index (κ1) is 22.5. The van der Waals surface area contributed by atoms with E-state index in [2.05, 4.69) is 0 Å². The van der Waals surface area contributed by atoms with Crippen molar-refractivity contribution < 1.29 is 18.9 Å². The molecule has 31 heavy (non-hydrogen) atoms. The number of rotatable bonds is 9. The van der Waals surface area contributed by atoms with Gasteiger partial charge in [0.1, 0.15) is 23.0 Å². The lowest BCUT2D eigenvalue weighted by Crippen LogP contribution is -2.54. The third kappa shape index (κ3) is 4.76. The van der Waals surface area contributed by atoms with E-state index in [4.69, 9.17) is 30.4 Å². The van der Waals surface area contributed by atoms with Crippen LogP contribution in [0.5, 0.6) is 23.0 Å². The molecule has 0 aromatic heterocycles. The number of nitrogens with two attached hydrogens (primary N) is 2. The normalized spacial score (nSPS) is 12.2. The molecule has 4 N–H and O–H groups in total. The molecule has 3 aromatic carbocycles. The second kappa shape index (κ2) is 9.73. The van der Waals surface area contributed by atoms with E-state index >= 15 is 0 Å². The lowest BCUT2D eigenvalue weighted by Gasteiger charge is -2.37. The molecule has 0 fully saturated rings. The smallest absolute Gasteiger partial charge is 0.122 e. The summed E-state index contributed by atoms with van der Waals surface area (Å²) in [6, 6.07) is 20.7. The molecule has 0 heterocycles. The summed E-state index contributed by atoms with van der Waals surface area (Å²) < 4.78 is 22.0. The Bertz CT molecular complexity index is 908. The Morgan fingerprint density at radius 3 is 1.42 bits per heavy atom. The van der Waals surface area contributed by atoms with Crippen molar-refractivity contribution in [3.63, 3.8) is 0 Å². The average molecular weight is 423 g/mol. The Morgan fingerprint density at radius 1 is 0.677 bits per heavy atom. The molecule has 0 amide bonds. The molecule has 0 saturated heterocycles. The van der Waals surface area contributed by atoms with Gasteiger partial charge in [0.05, 0.1) is 34.0 Å². The molecule has 6 nitrogen and oxygen atoms in total. The minimum absolute atomic E-state index is 0.469. The standard InChI is InChI=1S/C25H30N2O4/c1-28-20-11-18(12-21(15-20)29-2)25(27,24(26)10-17-8-6-5-7-9-17)19-13-22(30-3)16-23(14-19)31-4/h5-9,11-16,24H,10,26-27H2,1-4H3. The summed E-state index contributed by atoms with van der Waals surface area (Å²) in [5.74, 6) is 2.52. The van der Waals surface area contributed by atoms with Crippen LogP contribution in [0.2, 0.25) is 0 Å². The highest BCUT2D eigenvalue weighted by Gasteiger charge is 2.38. The number of benzene rings is 3. The van der Waals surface area contributed by atoms with Gasteiger partial charge in [-0.05, 0) is 47.4 Å². The third-order valence-corrected chi connectivity index (χ3v) is 5.54. The van der Waals surface area contributed by atoms with Gasteiger partial charge in [0, 0.05) is 18.2 Å². The van der Waals surface area contributed by atoms with Crippen LogP contribution in [0.15, 0.2) is 66.7 Å². The van der Waals surface area contributed by atoms with Gasteiger partial charge >= 0.3 is 0 Å². The number of ether oxygens (including phenoxy) is 4. The van der Waals surface area contributed by atoms with Crippen molar-refractivity contribution in [2.45, 2.75) is 18.0 Å². The van der Waals surface area contributed by atoms with Crippen molar-refractivity contribution in [1.82, 2.24) is 0 Å². The highest BCUT2D eigenvalue weighted by Crippen LogP contribution is 2.38. The van der Waals surface area contributed by atoms with E-state index < -0.39 is 11.6 Å². The van der Waals surface area contributed by atoms with Crippen LogP contribution in [0.25, 0.3) is 0 Å². The first-order valence-electron chi connectivity index (χ1n) is 10.00. The van der Waals surface area contributed by atoms with E-state index in [1.165, 1.54) is 0 Å². The van der Waals surface area contributed by atoms with Gasteiger partial charge in [-0.25, -0.2) is 0 Å². The van der Waals surface area contributed by atoms with Crippen molar-refractivity contribution >= 4 is 0 Å². The van der Waals surface area contributed by atoms with Gasteiger partial charge in [-0.2, -0.15) is 0 Å². The fourth-order valence-electron chi connectivity index (χ4n) is 3.72. The van der Waals surface area contributed by atoms with Crippen LogP contribution >= 0.6 is 0 Å². The van der Waals surface area contributed by atoms with Crippen molar-refractivity contribution in [1.29, 1.82) is 0 Å². The van der Waals surface area contributed by atoms with Gasteiger partial charge in [0.25, 0.3) is 0 Å². The predicted octanol–water partition coefficient (Wildman–Crippen LogP) is 3.49. The lowest BCUT2D eigenvalue weighted by atomic mass is 9.75. The van der Waals surface area contributed by atoms with Crippen molar-refractivity contribution in [2.24, 2.45) is 11.5 Å². The quantitative estimate of drug-likeness (QED) is 0.549. The fraction of sp³-hybridized carbons (Fsp3) is 0.280. The number of methoxy groups -OCH3 is 4. The molecule has 0 aliphatic carbocycles. The van der Waals surface area contributed by atoms with Crippen LogP contribution in [0, 0.1) is 0 Å². The van der Waals surface area contributed by atoms with Gasteiger partial charge in [-0.3, -0.25) is 0 Å². The zero-order chi connectivity index (χ0) is 22.4. The Labute approximate surface area is 183 Å². The second-order valence-electron chi connectivity index (χ2n) is 7.37. The van der Waals surface area contributed by atoms with Crippen LogP contribution in [0.3, 0.4) is 0 Å². The predicted molar refractivity (Wildman–Crippen MR) is 122 cm³/mol. The van der Waals surface area contributed by atoms with Gasteiger partial charge in [0.15, 0.2) is 0 Å². The first-order valence-corrected chi connectivity index (χ1v) is 10.00. The average Bonchev–Trinajstić information content (AvgIpc) is 2.83. The van der Waals surface area contributed by atoms with E-state index in [9.17, 15) is 0 Å². The summed E-state index contributed by atoms with van der Waals surface area (Å²) in [6.45, 7) is 0. The molecule has 1 atom stereocenters. The highest BCUT2D eigenvalue weighted by atomic mass is 16.5. The number of hydrogen-bond acceptors (Lipinski definition) is 6. The third-order valence-electron chi connectivity index (χ3n) is 5.54. The summed E-state index contributed by atoms with van der Waals surface area (Å²) in [4.78, 5) is 0. The maximum absolute atomic E-state index is 7.18. The molecular formula is C25H30N2O4. The second-order valence-corrected chi connectivity index (χ2v) is 7.37. The van der Waals surface area contributed by atoms with Crippen LogP contribution < -0.4 is 30.4 Å². The largest absolute Gasteiger partial charge is 0.497 e. The Kier molecular flexibility index (Phi) is 7.05. The van der Waals surface area contributed by atoms with Crippen molar-refractivity contribution in [3.05, 3.63) is 83.4 Å². The molecule has 0 aliphatic heterocycles. The topological polar surface area (TPSA) is 89.0 Å². The molecule has 0 spiro atoms. The fourth-order valence-corrected chi connectivity index (χ4v) is 3.72. The summed E-state index contributed by atoms with van der Waals surface area (Å²) in [5, 5.41) is 0. The van der Waals surface area contributed by atoms with Gasteiger partial charge in [0.2, 0.25) is 0 Å². The van der Waals surface area contributed by atoms with E-state index in [0.29, 0.717) is 29.4 Å². The molecule has 3 rings (SSSR count). The Morgan fingerprint density at radius 2 is 1.06 bits per heavy atom. The van der Waals surface area contributed by atoms with E-state index in [1.807, 2.05) is 54.6 Å². The van der Waals surface area contributed by atoms with Crippen LogP contribution in [0.1, 0.15) is 16.7 Å². The molecular weight excluding hydrogens is 392 g/mol. The summed E-state index contributed by atoms with van der Waals surface area (Å²) in [5.41, 5.74) is 15.5. The zero-order valence-corrected chi connectivity index (χ0v) is 18.4. The van der Waals surface area contributed by atoms with Crippen molar-refractivity contribution in [3.8, 4) is 23.0 Å². The Hall–Kier alpha value is -3.22. The Balaban J connectivity index is 2.21. The molecule has 6 heteroatoms. The van der Waals surface area contributed by atoms with Crippen LogP contribution in [0.4, 0.5) is 0 Å². The summed E-state index contributed by atoms with van der Waals surface area (Å²) >= 11 is 0. The minimum Gasteiger partial charge on any atom is -0.497 e. The van der Waals surface area contributed by atoms with E-state index in [0.717, 1.165) is 16.7 Å². The summed E-state index contributed by atoms with van der Waals surface area (Å²) in [6.07, 6.45) is 0.566. The maximum atomic E-state index is 7.18. The monoisotopic (exact) mass is 422 g/mol. The molecule has 1 unspecified atom stereocenters. The SMILES string of the molecule is COc1cc(OC)cc(C(N)(c2cc(OC)cc(OC)c2)C(N)Cc2ccccc2)c1. The van der Waals surface area contributed by atoms with E-state index in [-0.39, 0.29) is 0 Å². The molecule has 164 valence electrons. The highest BCUT2D eigenvalue weighted by molar-refractivity contribution is 5.51. The number of hydrogen-bond donors (Lipinski definition) is 2. The van der Waals surface area contributed by atoms with Gasteiger partial charge in [-0.1, -0.05) is 30.3 Å². The maximum Gasteiger partial charge on any atom is 0.122 e. The van der Waals surface area contributed by atoms with Crippen LogP contribution in [-0.4, -0.2) is 34.5 Å². The molecule has 0 radical (unpaired) electrons. The minimum atomic E-state index is -1.08. The van der Waals surface area contributed by atoms with Gasteiger partial charge < -0.3 is 30.4 Å². The first-order chi connectivity index (χ1) is 14.9. The molecule has 0 aliphatic rings. The molecule has 0 saturated carbocycles. The van der Waals surface area contributed by atoms with Crippen LogP contribution in [-0.2, 0) is 12.0 Å². The van der Waals surface area contributed by atoms with Gasteiger partial charge in [-0.15, -0.1) is 0 Å². The summed E-state index contributed by atoms with van der Waals surface area (Å²) in [7, 11) is 6.43. The zero-order valence-electron chi connectivity index (χ0n) is 18.4. The van der Waals surface area contributed by atoms with E-state index in [1.54, 1.807) is 40.6 Å². The lowest BCUT2D eigenvalue weighted by molar-refractivity contribution is 0.373. The molecule has 3 aromatic rings. The molecule has 0 bridgehead atoms. The van der Waals surface area contributed by atoms with Crippen molar-refractivity contribution in [2.75, 3.05) is 28.4 Å².